The highest BCUT2D eigenvalue weighted by atomic mass is 35.5. The van der Waals surface area contributed by atoms with Crippen molar-refractivity contribution in [2.24, 2.45) is 0 Å². The van der Waals surface area contributed by atoms with E-state index in [-0.39, 0.29) is 18.9 Å². The Bertz CT molecular complexity index is 1040. The van der Waals surface area contributed by atoms with Crippen molar-refractivity contribution in [3.63, 3.8) is 0 Å². The number of halogens is 1. The maximum Gasteiger partial charge on any atom is 0.419 e. The molecule has 0 saturated heterocycles. The third kappa shape index (κ3) is 5.28. The summed E-state index contributed by atoms with van der Waals surface area (Å²) in [6.45, 7) is 7.82. The molecule has 0 saturated carbocycles. The standard InChI is InChI=1S/C22H26ClN3O3/c1-3-25(4-2)15-17-8-6-5-7-16(17)14-24-21(27)11-12-26-19-10-9-18(23)13-20(19)29-22(26)28/h5-10,13H,3-4,11-12,14-15H2,1-2H3,(H,24,27). The Morgan fingerprint density at radius 2 is 1.86 bits per heavy atom. The lowest BCUT2D eigenvalue weighted by Crippen LogP contribution is -2.27. The van der Waals surface area contributed by atoms with Gasteiger partial charge in [-0.3, -0.25) is 14.3 Å². The zero-order valence-corrected chi connectivity index (χ0v) is 17.5. The van der Waals surface area contributed by atoms with Crippen LogP contribution in [0.2, 0.25) is 5.02 Å². The van der Waals surface area contributed by atoms with Crippen molar-refractivity contribution >= 4 is 28.6 Å². The van der Waals surface area contributed by atoms with E-state index in [1.54, 1.807) is 18.2 Å². The SMILES string of the molecule is CCN(CC)Cc1ccccc1CNC(=O)CCn1c(=O)oc2cc(Cl)ccc21. The molecule has 1 N–H and O–H groups in total. The third-order valence-electron chi connectivity index (χ3n) is 5.08. The van der Waals surface area contributed by atoms with E-state index in [2.05, 4.69) is 30.1 Å². The van der Waals surface area contributed by atoms with E-state index in [4.69, 9.17) is 16.0 Å². The smallest absolute Gasteiger partial charge is 0.408 e. The lowest BCUT2D eigenvalue weighted by atomic mass is 10.1. The maximum atomic E-state index is 12.4. The van der Waals surface area contributed by atoms with Crippen LogP contribution in [-0.2, 0) is 24.4 Å². The first-order chi connectivity index (χ1) is 14.0. The number of carbonyl (C=O) groups excluding carboxylic acids is 1. The molecule has 0 spiro atoms. The van der Waals surface area contributed by atoms with Crippen molar-refractivity contribution < 1.29 is 9.21 Å². The van der Waals surface area contributed by atoms with Gasteiger partial charge in [-0.25, -0.2) is 4.79 Å². The molecular weight excluding hydrogens is 390 g/mol. The summed E-state index contributed by atoms with van der Waals surface area (Å²) in [6, 6.07) is 13.2. The van der Waals surface area contributed by atoms with Gasteiger partial charge in [0.25, 0.3) is 0 Å². The number of aromatic nitrogens is 1. The van der Waals surface area contributed by atoms with E-state index < -0.39 is 5.76 Å². The van der Waals surface area contributed by atoms with Gasteiger partial charge in [0, 0.05) is 37.1 Å². The first-order valence-electron chi connectivity index (χ1n) is 9.86. The molecule has 1 heterocycles. The van der Waals surface area contributed by atoms with Crippen molar-refractivity contribution in [2.45, 2.75) is 39.9 Å². The molecule has 7 heteroatoms. The Kier molecular flexibility index (Phi) is 7.12. The predicted molar refractivity (Wildman–Crippen MR) is 115 cm³/mol. The summed E-state index contributed by atoms with van der Waals surface area (Å²) in [5.41, 5.74) is 3.38. The number of nitrogens with one attached hydrogen (secondary N) is 1. The van der Waals surface area contributed by atoms with Crippen molar-refractivity contribution in [1.82, 2.24) is 14.8 Å². The van der Waals surface area contributed by atoms with Crippen LogP contribution in [0.5, 0.6) is 0 Å². The number of hydrogen-bond donors (Lipinski definition) is 1. The fourth-order valence-electron chi connectivity index (χ4n) is 3.32. The van der Waals surface area contributed by atoms with Gasteiger partial charge in [0.05, 0.1) is 5.52 Å². The molecule has 29 heavy (non-hydrogen) atoms. The van der Waals surface area contributed by atoms with Gasteiger partial charge in [0.15, 0.2) is 5.58 Å². The molecule has 0 unspecified atom stereocenters. The molecule has 0 aliphatic heterocycles. The monoisotopic (exact) mass is 415 g/mol. The minimum absolute atomic E-state index is 0.113. The molecule has 1 aromatic heterocycles. The van der Waals surface area contributed by atoms with Gasteiger partial charge in [0.1, 0.15) is 0 Å². The molecule has 6 nitrogen and oxygen atoms in total. The van der Waals surface area contributed by atoms with E-state index in [0.717, 1.165) is 25.2 Å². The Hall–Kier alpha value is -2.57. The van der Waals surface area contributed by atoms with Crippen LogP contribution in [0.25, 0.3) is 11.1 Å². The van der Waals surface area contributed by atoms with Crippen LogP contribution in [-0.4, -0.2) is 28.5 Å². The molecule has 0 atom stereocenters. The number of fused-ring (bicyclic) bond motifs is 1. The fraction of sp³-hybridized carbons (Fsp3) is 0.364. The molecule has 0 fully saturated rings. The molecule has 2 aromatic carbocycles. The molecule has 3 rings (SSSR count). The first kappa shape index (κ1) is 21.1. The molecule has 1 amide bonds. The first-order valence-corrected chi connectivity index (χ1v) is 10.2. The zero-order chi connectivity index (χ0) is 20.8. The number of carbonyl (C=O) groups is 1. The largest absolute Gasteiger partial charge is 0.419 e. The van der Waals surface area contributed by atoms with Crippen molar-refractivity contribution in [3.05, 3.63) is 69.2 Å². The topological polar surface area (TPSA) is 67.5 Å². The Labute approximate surface area is 175 Å². The van der Waals surface area contributed by atoms with E-state index in [9.17, 15) is 9.59 Å². The van der Waals surface area contributed by atoms with Crippen LogP contribution in [0, 0.1) is 0 Å². The molecule has 154 valence electrons. The number of rotatable bonds is 9. The van der Waals surface area contributed by atoms with Gasteiger partial charge in [-0.05, 0) is 36.3 Å². The normalized spacial score (nSPS) is 11.3. The summed E-state index contributed by atoms with van der Waals surface area (Å²) < 4.78 is 6.66. The van der Waals surface area contributed by atoms with Crippen molar-refractivity contribution in [2.75, 3.05) is 13.1 Å². The average molecular weight is 416 g/mol. The second kappa shape index (κ2) is 9.76. The highest BCUT2D eigenvalue weighted by Crippen LogP contribution is 2.18. The van der Waals surface area contributed by atoms with Crippen LogP contribution >= 0.6 is 11.6 Å². The summed E-state index contributed by atoms with van der Waals surface area (Å²) in [4.78, 5) is 26.8. The Morgan fingerprint density at radius 3 is 2.59 bits per heavy atom. The van der Waals surface area contributed by atoms with Crippen LogP contribution in [0.15, 0.2) is 51.7 Å². The van der Waals surface area contributed by atoms with Gasteiger partial charge in [-0.1, -0.05) is 49.7 Å². The average Bonchev–Trinajstić information content (AvgIpc) is 3.03. The van der Waals surface area contributed by atoms with Crippen LogP contribution < -0.4 is 11.1 Å². The highest BCUT2D eigenvalue weighted by Gasteiger charge is 2.12. The second-order valence-corrected chi connectivity index (χ2v) is 7.32. The van der Waals surface area contributed by atoms with Gasteiger partial charge in [-0.2, -0.15) is 0 Å². The van der Waals surface area contributed by atoms with Crippen molar-refractivity contribution in [3.8, 4) is 0 Å². The summed E-state index contributed by atoms with van der Waals surface area (Å²) in [5, 5.41) is 3.46. The summed E-state index contributed by atoms with van der Waals surface area (Å²) in [5.74, 6) is -0.600. The molecular formula is C22H26ClN3O3. The number of oxazole rings is 1. The second-order valence-electron chi connectivity index (χ2n) is 6.89. The summed E-state index contributed by atoms with van der Waals surface area (Å²) >= 11 is 5.93. The van der Waals surface area contributed by atoms with E-state index in [0.29, 0.717) is 22.7 Å². The molecule has 0 radical (unpaired) electrons. The highest BCUT2D eigenvalue weighted by molar-refractivity contribution is 6.31. The van der Waals surface area contributed by atoms with Gasteiger partial charge in [0.2, 0.25) is 5.91 Å². The summed E-state index contributed by atoms with van der Waals surface area (Å²) in [7, 11) is 0. The molecule has 3 aromatic rings. The predicted octanol–water partition coefficient (Wildman–Crippen LogP) is 3.80. The number of nitrogens with zero attached hydrogens (tertiary/aromatic N) is 2. The minimum atomic E-state index is -0.486. The number of amides is 1. The van der Waals surface area contributed by atoms with Gasteiger partial charge < -0.3 is 9.73 Å². The maximum absolute atomic E-state index is 12.4. The minimum Gasteiger partial charge on any atom is -0.408 e. The van der Waals surface area contributed by atoms with Crippen LogP contribution in [0.3, 0.4) is 0 Å². The Morgan fingerprint density at radius 1 is 1.14 bits per heavy atom. The van der Waals surface area contributed by atoms with E-state index in [1.165, 1.54) is 10.1 Å². The van der Waals surface area contributed by atoms with Gasteiger partial charge in [-0.15, -0.1) is 0 Å². The molecule has 0 aliphatic rings. The molecule has 0 bridgehead atoms. The zero-order valence-electron chi connectivity index (χ0n) is 16.8. The van der Waals surface area contributed by atoms with Crippen LogP contribution in [0.1, 0.15) is 31.4 Å². The summed E-state index contributed by atoms with van der Waals surface area (Å²) in [6.07, 6.45) is 0.190. The van der Waals surface area contributed by atoms with E-state index in [1.807, 2.05) is 18.2 Å². The van der Waals surface area contributed by atoms with Crippen LogP contribution in [0.4, 0.5) is 0 Å². The van der Waals surface area contributed by atoms with Gasteiger partial charge >= 0.3 is 5.76 Å². The number of benzene rings is 2. The number of aryl methyl sites for hydroxylation is 1. The van der Waals surface area contributed by atoms with E-state index >= 15 is 0 Å². The lowest BCUT2D eigenvalue weighted by molar-refractivity contribution is -0.121. The fourth-order valence-corrected chi connectivity index (χ4v) is 3.48. The molecule has 0 aliphatic carbocycles. The van der Waals surface area contributed by atoms with Crippen molar-refractivity contribution in [1.29, 1.82) is 0 Å². The lowest BCUT2D eigenvalue weighted by Gasteiger charge is -2.20. The number of hydrogen-bond acceptors (Lipinski definition) is 4. The Balaban J connectivity index is 1.60. The third-order valence-corrected chi connectivity index (χ3v) is 5.31. The quantitative estimate of drug-likeness (QED) is 0.577.